The van der Waals surface area contributed by atoms with Gasteiger partial charge in [-0.3, -0.25) is 9.36 Å². The van der Waals surface area contributed by atoms with E-state index >= 15 is 0 Å². The molecule has 0 saturated heterocycles. The predicted molar refractivity (Wildman–Crippen MR) is 110 cm³/mol. The van der Waals surface area contributed by atoms with Crippen LogP contribution in [0.1, 0.15) is 0 Å². The van der Waals surface area contributed by atoms with Crippen LogP contribution in [0.15, 0.2) is 65.9 Å². The molecule has 1 aliphatic heterocycles. The zero-order valence-electron chi connectivity index (χ0n) is 16.0. The molecule has 2 aromatic heterocycles. The summed E-state index contributed by atoms with van der Waals surface area (Å²) in [6, 6.07) is 8.18. The number of benzene rings is 1. The van der Waals surface area contributed by atoms with Crippen LogP contribution in [0.3, 0.4) is 0 Å². The molecule has 0 aliphatic carbocycles. The number of guanidine groups is 1. The molecule has 0 bridgehead atoms. The number of nitrogens with one attached hydrogen (secondary N) is 2. The van der Waals surface area contributed by atoms with E-state index in [1.807, 2.05) is 56.8 Å². The molecule has 0 fully saturated rings. The lowest BCUT2D eigenvalue weighted by Crippen LogP contribution is -2.49. The van der Waals surface area contributed by atoms with E-state index in [1.54, 1.807) is 21.8 Å². The van der Waals surface area contributed by atoms with Gasteiger partial charge in [0.2, 0.25) is 5.96 Å². The van der Waals surface area contributed by atoms with Crippen LogP contribution in [-0.4, -0.2) is 43.6 Å². The quantitative estimate of drug-likeness (QED) is 0.641. The predicted octanol–water partition coefficient (Wildman–Crippen LogP) is 1.77. The lowest BCUT2D eigenvalue weighted by molar-refractivity contribution is 0.432. The zero-order chi connectivity index (χ0) is 19.7. The molecular weight excluding hydrogens is 354 g/mol. The van der Waals surface area contributed by atoms with Crippen molar-refractivity contribution in [1.82, 2.24) is 24.5 Å². The molecule has 3 heterocycles. The van der Waals surface area contributed by atoms with Gasteiger partial charge in [-0.1, -0.05) is 12.1 Å². The van der Waals surface area contributed by atoms with Crippen LogP contribution < -0.4 is 16.4 Å². The summed E-state index contributed by atoms with van der Waals surface area (Å²) in [6.07, 6.45) is 8.92. The molecule has 28 heavy (non-hydrogen) atoms. The largest absolute Gasteiger partial charge is 0.398 e. The van der Waals surface area contributed by atoms with E-state index in [1.165, 1.54) is 0 Å². The van der Waals surface area contributed by atoms with Gasteiger partial charge in [-0.15, -0.1) is 0 Å². The fourth-order valence-electron chi connectivity index (χ4n) is 3.05. The van der Waals surface area contributed by atoms with Crippen molar-refractivity contribution in [2.45, 2.75) is 6.17 Å². The van der Waals surface area contributed by atoms with E-state index in [0.717, 1.165) is 22.5 Å². The standard InChI is InChI=1S/C19H23N9/c1-26-11-14(8-22-26)13-4-6-15(7-5-13)24-18-17(20)10-21-19(28(18)3)25-16-9-23-27(2)12-16/h4-12,18,24H,20H2,1-3H3,(H,21,25). The zero-order valence-corrected chi connectivity index (χ0v) is 16.0. The second kappa shape index (κ2) is 7.10. The van der Waals surface area contributed by atoms with Gasteiger partial charge in [0.15, 0.2) is 0 Å². The van der Waals surface area contributed by atoms with E-state index in [4.69, 9.17) is 5.73 Å². The molecule has 1 unspecified atom stereocenters. The molecule has 4 N–H and O–H groups in total. The van der Waals surface area contributed by atoms with Crippen LogP contribution in [0.2, 0.25) is 0 Å². The van der Waals surface area contributed by atoms with Gasteiger partial charge < -0.3 is 21.3 Å². The summed E-state index contributed by atoms with van der Waals surface area (Å²) in [5.74, 6) is 0.687. The summed E-state index contributed by atoms with van der Waals surface area (Å²) in [6.45, 7) is 0. The van der Waals surface area contributed by atoms with Crippen molar-refractivity contribution in [2.24, 2.45) is 24.8 Å². The highest BCUT2D eigenvalue weighted by Crippen LogP contribution is 2.23. The molecule has 1 aromatic carbocycles. The molecule has 4 rings (SSSR count). The van der Waals surface area contributed by atoms with E-state index < -0.39 is 0 Å². The van der Waals surface area contributed by atoms with Gasteiger partial charge in [-0.05, 0) is 17.7 Å². The third-order valence-corrected chi connectivity index (χ3v) is 4.56. The second-order valence-corrected chi connectivity index (χ2v) is 6.75. The van der Waals surface area contributed by atoms with Crippen LogP contribution in [0.5, 0.6) is 0 Å². The molecule has 144 valence electrons. The van der Waals surface area contributed by atoms with Gasteiger partial charge in [0, 0.05) is 44.8 Å². The van der Waals surface area contributed by atoms with Gasteiger partial charge in [-0.2, -0.15) is 10.2 Å². The molecule has 0 saturated carbocycles. The Morgan fingerprint density at radius 2 is 1.61 bits per heavy atom. The summed E-state index contributed by atoms with van der Waals surface area (Å²) in [7, 11) is 5.71. The van der Waals surface area contributed by atoms with Crippen molar-refractivity contribution < 1.29 is 0 Å². The average molecular weight is 377 g/mol. The van der Waals surface area contributed by atoms with Gasteiger partial charge in [0.1, 0.15) is 6.17 Å². The number of hydrogen-bond donors (Lipinski definition) is 3. The van der Waals surface area contributed by atoms with Gasteiger partial charge in [0.25, 0.3) is 0 Å². The first-order chi connectivity index (χ1) is 13.5. The number of nitrogens with two attached hydrogens (primary N) is 1. The van der Waals surface area contributed by atoms with Crippen molar-refractivity contribution >= 4 is 17.3 Å². The number of aromatic nitrogens is 4. The summed E-state index contributed by atoms with van der Waals surface area (Å²) < 4.78 is 3.52. The third kappa shape index (κ3) is 3.54. The van der Waals surface area contributed by atoms with Crippen LogP contribution >= 0.6 is 0 Å². The highest BCUT2D eigenvalue weighted by molar-refractivity contribution is 5.94. The minimum Gasteiger partial charge on any atom is -0.398 e. The minimum absolute atomic E-state index is 0.221. The fraction of sp³-hybridized carbons (Fsp3) is 0.211. The molecule has 1 atom stereocenters. The van der Waals surface area contributed by atoms with Crippen molar-refractivity contribution in [3.8, 4) is 11.1 Å². The Morgan fingerprint density at radius 1 is 0.893 bits per heavy atom. The molecule has 9 heteroatoms. The van der Waals surface area contributed by atoms with Crippen LogP contribution in [0.25, 0.3) is 11.1 Å². The highest BCUT2D eigenvalue weighted by atomic mass is 15.4. The summed E-state index contributed by atoms with van der Waals surface area (Å²) >= 11 is 0. The second-order valence-electron chi connectivity index (χ2n) is 6.75. The summed E-state index contributed by atoms with van der Waals surface area (Å²) in [4.78, 5) is 6.36. The Labute approximate surface area is 163 Å². The van der Waals surface area contributed by atoms with Crippen LogP contribution in [0, 0.1) is 0 Å². The maximum Gasteiger partial charge on any atom is 0.204 e. The molecule has 9 nitrogen and oxygen atoms in total. The Bertz CT molecular complexity index is 1030. The number of nitrogens with zero attached hydrogens (tertiary/aromatic N) is 6. The molecule has 3 aromatic rings. The maximum absolute atomic E-state index is 6.20. The Balaban J connectivity index is 1.48. The van der Waals surface area contributed by atoms with Gasteiger partial charge >= 0.3 is 0 Å². The number of hydrogen-bond acceptors (Lipinski definition) is 7. The Kier molecular flexibility index (Phi) is 4.48. The normalized spacial score (nSPS) is 16.5. The first-order valence-corrected chi connectivity index (χ1v) is 8.87. The van der Waals surface area contributed by atoms with E-state index in [0.29, 0.717) is 11.7 Å². The van der Waals surface area contributed by atoms with Gasteiger partial charge in [0.05, 0.1) is 30.0 Å². The number of aliphatic imine (C=N–C) groups is 1. The van der Waals surface area contributed by atoms with E-state index in [-0.39, 0.29) is 6.17 Å². The van der Waals surface area contributed by atoms with E-state index in [2.05, 4.69) is 38.0 Å². The molecular formula is C19H23N9. The molecule has 0 spiro atoms. The third-order valence-electron chi connectivity index (χ3n) is 4.56. The first kappa shape index (κ1) is 17.7. The van der Waals surface area contributed by atoms with Crippen LogP contribution in [0.4, 0.5) is 11.4 Å². The Hall–Kier alpha value is -3.75. The lowest BCUT2D eigenvalue weighted by Gasteiger charge is -2.34. The minimum atomic E-state index is -0.221. The monoisotopic (exact) mass is 377 g/mol. The summed E-state index contributed by atoms with van der Waals surface area (Å²) in [5.41, 5.74) is 10.8. The fourth-order valence-corrected chi connectivity index (χ4v) is 3.05. The van der Waals surface area contributed by atoms with Crippen LogP contribution in [-0.2, 0) is 14.1 Å². The lowest BCUT2D eigenvalue weighted by atomic mass is 10.1. The average Bonchev–Trinajstić information content (AvgIpc) is 3.30. The topological polar surface area (TPSA) is 101 Å². The van der Waals surface area contributed by atoms with E-state index in [9.17, 15) is 0 Å². The number of likely N-dealkylation sites (N-methyl/N-ethyl adjacent to an activating group) is 1. The molecule has 0 radical (unpaired) electrons. The van der Waals surface area contributed by atoms with Crippen molar-refractivity contribution in [3.63, 3.8) is 0 Å². The summed E-state index contributed by atoms with van der Waals surface area (Å²) in [5, 5.41) is 15.1. The molecule has 0 amide bonds. The number of aryl methyl sites for hydroxylation is 2. The van der Waals surface area contributed by atoms with Crippen molar-refractivity contribution in [1.29, 1.82) is 0 Å². The Morgan fingerprint density at radius 3 is 2.25 bits per heavy atom. The molecule has 1 aliphatic rings. The van der Waals surface area contributed by atoms with Crippen molar-refractivity contribution in [2.75, 3.05) is 17.7 Å². The smallest absolute Gasteiger partial charge is 0.204 e. The first-order valence-electron chi connectivity index (χ1n) is 8.87. The number of rotatable bonds is 4. The number of anilines is 2. The van der Waals surface area contributed by atoms with Crippen molar-refractivity contribution in [3.05, 3.63) is 60.9 Å². The SMILES string of the molecule is CN1C(Nc2cnn(C)c2)=NC=C(N)C1Nc1ccc(-c2cnn(C)c2)cc1. The highest BCUT2D eigenvalue weighted by Gasteiger charge is 2.24. The van der Waals surface area contributed by atoms with Gasteiger partial charge in [-0.25, -0.2) is 4.99 Å². The maximum atomic E-state index is 6.20.